The van der Waals surface area contributed by atoms with Crippen LogP contribution in [0.1, 0.15) is 52.7 Å². The van der Waals surface area contributed by atoms with E-state index in [-0.39, 0.29) is 10.8 Å². The maximum Gasteiger partial charge on any atom is 0.128 e. The number of H-pyrrole nitrogens is 1. The van der Waals surface area contributed by atoms with Gasteiger partial charge in [-0.05, 0) is 87.2 Å². The molecular weight excluding hydrogens is 647 g/mol. The fourth-order valence-electron chi connectivity index (χ4n) is 7.22. The average Bonchev–Trinajstić information content (AvgIpc) is 3.55. The maximum absolute atomic E-state index is 5.84. The molecular formula is C49H45N3O. The van der Waals surface area contributed by atoms with Gasteiger partial charge in [0.05, 0.1) is 24.2 Å². The van der Waals surface area contributed by atoms with E-state index in [1.165, 1.54) is 27.5 Å². The van der Waals surface area contributed by atoms with Gasteiger partial charge in [-0.3, -0.25) is 4.98 Å². The molecule has 0 aliphatic rings. The monoisotopic (exact) mass is 691 g/mol. The zero-order chi connectivity index (χ0) is 36.9. The second-order valence-electron chi connectivity index (χ2n) is 16.0. The van der Waals surface area contributed by atoms with Gasteiger partial charge in [-0.2, -0.15) is 0 Å². The second kappa shape index (κ2) is 13.2. The first-order valence-corrected chi connectivity index (χ1v) is 18.3. The highest BCUT2D eigenvalue weighted by Crippen LogP contribution is 2.40. The van der Waals surface area contributed by atoms with Crippen LogP contribution < -0.4 is 4.74 Å². The normalized spacial score (nSPS) is 12.1. The summed E-state index contributed by atoms with van der Waals surface area (Å²) in [6.07, 6.45) is 1.88. The Morgan fingerprint density at radius 1 is 0.491 bits per heavy atom. The van der Waals surface area contributed by atoms with E-state index < -0.39 is 0 Å². The van der Waals surface area contributed by atoms with Crippen molar-refractivity contribution in [3.63, 3.8) is 0 Å². The zero-order valence-corrected chi connectivity index (χ0v) is 31.6. The molecule has 0 fully saturated rings. The van der Waals surface area contributed by atoms with Crippen molar-refractivity contribution in [2.75, 3.05) is 7.11 Å². The summed E-state index contributed by atoms with van der Waals surface area (Å²) in [6, 6.07) is 47.5. The van der Waals surface area contributed by atoms with Crippen LogP contribution in [-0.2, 0) is 10.8 Å². The Bertz CT molecular complexity index is 2600. The van der Waals surface area contributed by atoms with Gasteiger partial charge in [-0.25, -0.2) is 4.98 Å². The van der Waals surface area contributed by atoms with Gasteiger partial charge in [0.25, 0.3) is 0 Å². The van der Waals surface area contributed by atoms with Gasteiger partial charge < -0.3 is 9.72 Å². The summed E-state index contributed by atoms with van der Waals surface area (Å²) in [5, 5.41) is 2.45. The third-order valence-corrected chi connectivity index (χ3v) is 10.3. The molecule has 0 radical (unpaired) electrons. The molecule has 4 heteroatoms. The van der Waals surface area contributed by atoms with Gasteiger partial charge in [0.1, 0.15) is 5.75 Å². The molecule has 0 bridgehead atoms. The molecule has 0 aliphatic carbocycles. The fraction of sp³-hybridized carbons (Fsp3) is 0.184. The van der Waals surface area contributed by atoms with Crippen molar-refractivity contribution in [1.29, 1.82) is 0 Å². The first kappa shape index (κ1) is 34.1. The number of fused-ring (bicyclic) bond motifs is 3. The molecule has 5 aromatic carbocycles. The lowest BCUT2D eigenvalue weighted by Gasteiger charge is -2.26. The summed E-state index contributed by atoms with van der Waals surface area (Å²) in [6.45, 7) is 13.7. The molecule has 1 N–H and O–H groups in total. The number of benzene rings is 5. The van der Waals surface area contributed by atoms with Gasteiger partial charge in [0.15, 0.2) is 0 Å². The van der Waals surface area contributed by atoms with Crippen molar-refractivity contribution in [2.24, 2.45) is 0 Å². The number of nitrogens with one attached hydrogen (secondary N) is 1. The van der Waals surface area contributed by atoms with E-state index in [1.54, 1.807) is 7.11 Å². The second-order valence-corrected chi connectivity index (χ2v) is 16.0. The highest BCUT2D eigenvalue weighted by atomic mass is 16.5. The molecule has 53 heavy (non-hydrogen) atoms. The Morgan fingerprint density at radius 3 is 1.92 bits per heavy atom. The Labute approximate surface area is 312 Å². The van der Waals surface area contributed by atoms with Crippen LogP contribution in [0.2, 0.25) is 0 Å². The number of hydrogen-bond acceptors (Lipinski definition) is 3. The predicted molar refractivity (Wildman–Crippen MR) is 223 cm³/mol. The highest BCUT2D eigenvalue weighted by molar-refractivity contribution is 6.08. The minimum absolute atomic E-state index is 0.00898. The van der Waals surface area contributed by atoms with E-state index in [2.05, 4.69) is 156 Å². The van der Waals surface area contributed by atoms with Crippen molar-refractivity contribution in [1.82, 2.24) is 15.0 Å². The lowest BCUT2D eigenvalue weighted by molar-refractivity contribution is 0.416. The number of para-hydroxylation sites is 2. The average molecular weight is 692 g/mol. The van der Waals surface area contributed by atoms with E-state index in [0.717, 1.165) is 67.2 Å². The van der Waals surface area contributed by atoms with Crippen LogP contribution in [0.4, 0.5) is 0 Å². The van der Waals surface area contributed by atoms with Crippen LogP contribution in [0.5, 0.6) is 5.75 Å². The van der Waals surface area contributed by atoms with Crippen LogP contribution >= 0.6 is 0 Å². The van der Waals surface area contributed by atoms with Crippen LogP contribution in [0, 0.1) is 0 Å². The summed E-state index contributed by atoms with van der Waals surface area (Å²) in [7, 11) is 1.72. The summed E-state index contributed by atoms with van der Waals surface area (Å²) in [5.74, 6) is 0.792. The van der Waals surface area contributed by atoms with Crippen molar-refractivity contribution in [3.05, 3.63) is 151 Å². The summed E-state index contributed by atoms with van der Waals surface area (Å²) in [5.41, 5.74) is 15.0. The van der Waals surface area contributed by atoms with Crippen molar-refractivity contribution >= 4 is 21.8 Å². The third-order valence-electron chi connectivity index (χ3n) is 10.3. The van der Waals surface area contributed by atoms with E-state index in [9.17, 15) is 0 Å². The SMILES string of the molecule is COc1ccccc1-c1cc(-c2cc(C(C)(C)C)cc(C(C)(C)C)c2)cc(-c2cccc(-c3ncccc3-c3ccc4c(c3)[nH]c3ccccc34)c2)n1. The summed E-state index contributed by atoms with van der Waals surface area (Å²) < 4.78 is 5.84. The lowest BCUT2D eigenvalue weighted by atomic mass is 9.79. The number of ether oxygens (including phenoxy) is 1. The van der Waals surface area contributed by atoms with Gasteiger partial charge in [0, 0.05) is 50.3 Å². The largest absolute Gasteiger partial charge is 0.496 e. The molecule has 8 aromatic rings. The molecule has 0 spiro atoms. The van der Waals surface area contributed by atoms with E-state index in [0.29, 0.717) is 0 Å². The molecule has 0 saturated carbocycles. The van der Waals surface area contributed by atoms with Crippen molar-refractivity contribution in [3.8, 4) is 61.8 Å². The molecule has 262 valence electrons. The van der Waals surface area contributed by atoms with Crippen LogP contribution in [0.3, 0.4) is 0 Å². The number of aromatic nitrogens is 3. The molecule has 8 rings (SSSR count). The van der Waals surface area contributed by atoms with Gasteiger partial charge in [0.2, 0.25) is 0 Å². The molecule has 0 amide bonds. The number of rotatable bonds is 6. The Hall–Kier alpha value is -6.00. The molecule has 0 atom stereocenters. The molecule has 3 aromatic heterocycles. The standard InChI is InChI=1S/C49H45N3O/c1-48(2,3)36-25-34(26-37(30-36)49(4,5)6)35-28-43(52-45(29-35)41-17-9-11-20-46(41)53-7)32-14-12-15-33(24-32)47-38(18-13-23-50-47)31-21-22-40-39-16-8-10-19-42(39)51-44(40)27-31/h8-30,51H,1-7H3. The van der Waals surface area contributed by atoms with E-state index >= 15 is 0 Å². The molecule has 0 saturated heterocycles. The van der Waals surface area contributed by atoms with E-state index in [1.807, 2.05) is 30.5 Å². The number of nitrogens with zero attached hydrogens (tertiary/aromatic N) is 2. The van der Waals surface area contributed by atoms with Gasteiger partial charge in [-0.15, -0.1) is 0 Å². The smallest absolute Gasteiger partial charge is 0.128 e. The molecule has 0 unspecified atom stereocenters. The number of pyridine rings is 2. The Balaban J connectivity index is 1.28. The van der Waals surface area contributed by atoms with Crippen molar-refractivity contribution < 1.29 is 4.74 Å². The maximum atomic E-state index is 5.84. The molecule has 3 heterocycles. The van der Waals surface area contributed by atoms with Crippen LogP contribution in [-0.4, -0.2) is 22.1 Å². The summed E-state index contributed by atoms with van der Waals surface area (Å²) >= 11 is 0. The summed E-state index contributed by atoms with van der Waals surface area (Å²) in [4.78, 5) is 13.9. The Kier molecular flexibility index (Phi) is 8.50. The van der Waals surface area contributed by atoms with Gasteiger partial charge in [-0.1, -0.05) is 126 Å². The predicted octanol–water partition coefficient (Wildman–Crippen LogP) is 13.0. The first-order chi connectivity index (χ1) is 25.5. The third kappa shape index (κ3) is 6.62. The molecule has 0 aliphatic heterocycles. The number of hydrogen-bond donors (Lipinski definition) is 1. The number of methoxy groups -OCH3 is 1. The van der Waals surface area contributed by atoms with Gasteiger partial charge >= 0.3 is 0 Å². The first-order valence-electron chi connectivity index (χ1n) is 18.3. The minimum atomic E-state index is -0.00898. The topological polar surface area (TPSA) is 50.8 Å². The van der Waals surface area contributed by atoms with Crippen LogP contribution in [0.15, 0.2) is 140 Å². The quantitative estimate of drug-likeness (QED) is 0.189. The van der Waals surface area contributed by atoms with E-state index in [4.69, 9.17) is 14.7 Å². The highest BCUT2D eigenvalue weighted by Gasteiger charge is 2.22. The zero-order valence-electron chi connectivity index (χ0n) is 31.6. The minimum Gasteiger partial charge on any atom is -0.496 e. The Morgan fingerprint density at radius 2 is 1.15 bits per heavy atom. The fourth-order valence-corrected chi connectivity index (χ4v) is 7.22. The van der Waals surface area contributed by atoms with Crippen LogP contribution in [0.25, 0.3) is 77.8 Å². The lowest BCUT2D eigenvalue weighted by Crippen LogP contribution is -2.16. The number of aromatic amines is 1. The van der Waals surface area contributed by atoms with Crippen molar-refractivity contribution in [2.45, 2.75) is 52.4 Å². The molecule has 4 nitrogen and oxygen atoms in total.